The van der Waals surface area contributed by atoms with Crippen molar-refractivity contribution in [1.29, 1.82) is 0 Å². The molecular formula is C16H22FNO2. The Morgan fingerprint density at radius 1 is 1.35 bits per heavy atom. The van der Waals surface area contributed by atoms with Gasteiger partial charge in [-0.1, -0.05) is 26.0 Å². The molecule has 0 amide bonds. The fraction of sp³-hybridized carbons (Fsp3) is 0.500. The van der Waals surface area contributed by atoms with Gasteiger partial charge in [0.05, 0.1) is 12.1 Å². The highest BCUT2D eigenvalue weighted by atomic mass is 19.1. The van der Waals surface area contributed by atoms with Crippen molar-refractivity contribution in [2.24, 2.45) is 5.92 Å². The molecule has 1 N–H and O–H groups in total. The number of hydrogen-bond donors (Lipinski definition) is 1. The van der Waals surface area contributed by atoms with Crippen LogP contribution in [0.4, 0.5) is 4.39 Å². The van der Waals surface area contributed by atoms with Gasteiger partial charge in [-0.25, -0.2) is 4.39 Å². The molecule has 4 heteroatoms. The van der Waals surface area contributed by atoms with Crippen molar-refractivity contribution >= 4 is 11.0 Å². The molecule has 0 aliphatic carbocycles. The minimum atomic E-state index is -0.332. The zero-order chi connectivity index (χ0) is 14.7. The van der Waals surface area contributed by atoms with Crippen LogP contribution >= 0.6 is 0 Å². The number of furan rings is 1. The van der Waals surface area contributed by atoms with E-state index in [-0.39, 0.29) is 18.0 Å². The van der Waals surface area contributed by atoms with Crippen molar-refractivity contribution in [3.8, 4) is 0 Å². The van der Waals surface area contributed by atoms with Crippen molar-refractivity contribution in [1.82, 2.24) is 5.32 Å². The molecule has 0 aliphatic rings. The van der Waals surface area contributed by atoms with Gasteiger partial charge in [-0.3, -0.25) is 0 Å². The maximum absolute atomic E-state index is 13.7. The van der Waals surface area contributed by atoms with Gasteiger partial charge in [0.2, 0.25) is 0 Å². The monoisotopic (exact) mass is 279 g/mol. The van der Waals surface area contributed by atoms with Gasteiger partial charge in [0.15, 0.2) is 11.4 Å². The van der Waals surface area contributed by atoms with Crippen LogP contribution in [0.2, 0.25) is 0 Å². The molecule has 0 radical (unpaired) electrons. The Balaban J connectivity index is 2.40. The fourth-order valence-electron chi connectivity index (χ4n) is 2.54. The first-order chi connectivity index (χ1) is 9.58. The van der Waals surface area contributed by atoms with Gasteiger partial charge in [-0.05, 0) is 32.0 Å². The molecule has 1 aromatic heterocycles. The minimum Gasteiger partial charge on any atom is -0.456 e. The first-order valence-corrected chi connectivity index (χ1v) is 7.05. The van der Waals surface area contributed by atoms with Crippen molar-refractivity contribution in [2.75, 3.05) is 13.7 Å². The van der Waals surface area contributed by atoms with Gasteiger partial charge >= 0.3 is 0 Å². The molecule has 0 fully saturated rings. The highest BCUT2D eigenvalue weighted by Gasteiger charge is 2.28. The van der Waals surface area contributed by atoms with E-state index in [1.165, 1.54) is 6.07 Å². The van der Waals surface area contributed by atoms with E-state index in [1.54, 1.807) is 6.07 Å². The first kappa shape index (κ1) is 15.0. The Kier molecular flexibility index (Phi) is 4.78. The van der Waals surface area contributed by atoms with Gasteiger partial charge in [-0.2, -0.15) is 0 Å². The third-order valence-corrected chi connectivity index (χ3v) is 3.48. The molecular weight excluding hydrogens is 257 g/mol. The molecule has 0 saturated heterocycles. The summed E-state index contributed by atoms with van der Waals surface area (Å²) < 4.78 is 25.3. The lowest BCUT2D eigenvalue weighted by atomic mass is 9.97. The predicted octanol–water partition coefficient (Wildman–Crippen LogP) is 3.89. The lowest BCUT2D eigenvalue weighted by molar-refractivity contribution is -0.0000381. The molecule has 1 aromatic carbocycles. The van der Waals surface area contributed by atoms with Crippen LogP contribution in [0.3, 0.4) is 0 Å². The standard InChI is InChI=1S/C16H22FNO2/c1-5-19-15(10(2)3)14(18-4)13-9-11-7-6-8-12(17)16(11)20-13/h6-10,14-15,18H,5H2,1-4H3. The zero-order valence-electron chi connectivity index (χ0n) is 12.4. The highest BCUT2D eigenvalue weighted by molar-refractivity contribution is 5.78. The van der Waals surface area contributed by atoms with Crippen molar-refractivity contribution < 1.29 is 13.5 Å². The molecule has 20 heavy (non-hydrogen) atoms. The van der Waals surface area contributed by atoms with E-state index in [9.17, 15) is 4.39 Å². The van der Waals surface area contributed by atoms with Gasteiger partial charge in [0.1, 0.15) is 5.76 Å². The summed E-state index contributed by atoms with van der Waals surface area (Å²) in [7, 11) is 1.86. The number of halogens is 1. The molecule has 2 aromatic rings. The largest absolute Gasteiger partial charge is 0.456 e. The van der Waals surface area contributed by atoms with E-state index in [1.807, 2.05) is 26.1 Å². The van der Waals surface area contributed by atoms with Gasteiger partial charge in [0.25, 0.3) is 0 Å². The van der Waals surface area contributed by atoms with E-state index in [2.05, 4.69) is 19.2 Å². The Labute approximate surface area is 119 Å². The quantitative estimate of drug-likeness (QED) is 0.871. The molecule has 2 rings (SSSR count). The van der Waals surface area contributed by atoms with E-state index < -0.39 is 0 Å². The summed E-state index contributed by atoms with van der Waals surface area (Å²) in [6.07, 6.45) is -0.0198. The summed E-state index contributed by atoms with van der Waals surface area (Å²) in [4.78, 5) is 0. The summed E-state index contributed by atoms with van der Waals surface area (Å²) in [5.41, 5.74) is 0.307. The number of fused-ring (bicyclic) bond motifs is 1. The molecule has 3 nitrogen and oxygen atoms in total. The maximum atomic E-state index is 13.7. The third-order valence-electron chi connectivity index (χ3n) is 3.48. The van der Waals surface area contributed by atoms with E-state index in [0.29, 0.717) is 23.9 Å². The number of ether oxygens (including phenoxy) is 1. The number of nitrogens with one attached hydrogen (secondary N) is 1. The second-order valence-corrected chi connectivity index (χ2v) is 5.24. The summed E-state index contributed by atoms with van der Waals surface area (Å²) in [6, 6.07) is 6.74. The second-order valence-electron chi connectivity index (χ2n) is 5.24. The molecule has 0 saturated carbocycles. The number of rotatable bonds is 6. The topological polar surface area (TPSA) is 34.4 Å². The maximum Gasteiger partial charge on any atom is 0.169 e. The van der Waals surface area contributed by atoms with Crippen LogP contribution in [-0.4, -0.2) is 19.8 Å². The number of para-hydroxylation sites is 1. The highest BCUT2D eigenvalue weighted by Crippen LogP contribution is 2.30. The van der Waals surface area contributed by atoms with Gasteiger partial charge < -0.3 is 14.5 Å². The third kappa shape index (κ3) is 2.86. The molecule has 1 heterocycles. The lowest BCUT2D eigenvalue weighted by Gasteiger charge is -2.28. The van der Waals surface area contributed by atoms with Crippen molar-refractivity contribution in [3.63, 3.8) is 0 Å². The zero-order valence-corrected chi connectivity index (χ0v) is 12.4. The van der Waals surface area contributed by atoms with Crippen LogP contribution in [0.5, 0.6) is 0 Å². The second kappa shape index (κ2) is 6.37. The molecule has 110 valence electrons. The first-order valence-electron chi connectivity index (χ1n) is 7.05. The van der Waals surface area contributed by atoms with E-state index >= 15 is 0 Å². The van der Waals surface area contributed by atoms with E-state index in [0.717, 1.165) is 5.39 Å². The Hall–Kier alpha value is -1.39. The normalized spacial score (nSPS) is 14.9. The van der Waals surface area contributed by atoms with Crippen LogP contribution in [-0.2, 0) is 4.74 Å². The van der Waals surface area contributed by atoms with Crippen LogP contribution in [0, 0.1) is 11.7 Å². The number of likely N-dealkylation sites (N-methyl/N-ethyl adjacent to an activating group) is 1. The smallest absolute Gasteiger partial charge is 0.169 e. The summed E-state index contributed by atoms with van der Waals surface area (Å²) in [6.45, 7) is 6.82. The van der Waals surface area contributed by atoms with Crippen LogP contribution in [0.15, 0.2) is 28.7 Å². The van der Waals surface area contributed by atoms with Crippen LogP contribution < -0.4 is 5.32 Å². The molecule has 2 unspecified atom stereocenters. The molecule has 0 aliphatic heterocycles. The Bertz CT molecular complexity index is 565. The van der Waals surface area contributed by atoms with Gasteiger partial charge in [0, 0.05) is 12.0 Å². The van der Waals surface area contributed by atoms with Crippen molar-refractivity contribution in [2.45, 2.75) is 32.9 Å². The summed E-state index contributed by atoms with van der Waals surface area (Å²) in [5, 5.41) is 4.00. The average molecular weight is 279 g/mol. The van der Waals surface area contributed by atoms with E-state index in [4.69, 9.17) is 9.15 Å². The predicted molar refractivity (Wildman–Crippen MR) is 78.2 cm³/mol. The average Bonchev–Trinajstić information content (AvgIpc) is 2.83. The number of hydrogen-bond acceptors (Lipinski definition) is 3. The molecule has 0 spiro atoms. The number of benzene rings is 1. The SMILES string of the molecule is CCOC(C(C)C)C(NC)c1cc2cccc(F)c2o1. The Morgan fingerprint density at radius 3 is 2.65 bits per heavy atom. The molecule has 0 bridgehead atoms. The van der Waals surface area contributed by atoms with Gasteiger partial charge in [-0.15, -0.1) is 0 Å². The summed E-state index contributed by atoms with van der Waals surface area (Å²) >= 11 is 0. The minimum absolute atomic E-state index is 0.0198. The summed E-state index contributed by atoms with van der Waals surface area (Å²) in [5.74, 6) is 0.700. The van der Waals surface area contributed by atoms with Crippen molar-refractivity contribution in [3.05, 3.63) is 35.8 Å². The fourth-order valence-corrected chi connectivity index (χ4v) is 2.54. The molecule has 2 atom stereocenters. The van der Waals surface area contributed by atoms with Crippen LogP contribution in [0.1, 0.15) is 32.6 Å². The Morgan fingerprint density at radius 2 is 2.10 bits per heavy atom. The lowest BCUT2D eigenvalue weighted by Crippen LogP contribution is -2.35. The van der Waals surface area contributed by atoms with Crippen LogP contribution in [0.25, 0.3) is 11.0 Å².